The van der Waals surface area contributed by atoms with Gasteiger partial charge in [-0.25, -0.2) is 0 Å². The third kappa shape index (κ3) is 2.62. The van der Waals surface area contributed by atoms with Gasteiger partial charge >= 0.3 is 0 Å². The Morgan fingerprint density at radius 3 is 2.77 bits per heavy atom. The molecule has 4 nitrogen and oxygen atoms in total. The van der Waals surface area contributed by atoms with Crippen LogP contribution in [0.1, 0.15) is 17.4 Å². The molecule has 0 saturated heterocycles. The van der Waals surface area contributed by atoms with E-state index in [1.165, 1.54) is 0 Å². The molecule has 1 aromatic carbocycles. The molecule has 0 unspecified atom stereocenters. The lowest BCUT2D eigenvalue weighted by Crippen LogP contribution is -2.10. The second kappa shape index (κ2) is 6.10. The van der Waals surface area contributed by atoms with Crippen LogP contribution in [-0.4, -0.2) is 17.8 Å². The van der Waals surface area contributed by atoms with Crippen molar-refractivity contribution in [3.8, 4) is 0 Å². The Morgan fingerprint density at radius 2 is 2.09 bits per heavy atom. The van der Waals surface area contributed by atoms with Crippen LogP contribution < -0.4 is 5.32 Å². The van der Waals surface area contributed by atoms with Crippen LogP contribution >= 0.6 is 27.5 Å². The summed E-state index contributed by atoms with van der Waals surface area (Å²) in [5.41, 5.74) is 1.62. The van der Waals surface area contributed by atoms with Gasteiger partial charge in [0.2, 0.25) is 11.7 Å². The van der Waals surface area contributed by atoms with Crippen molar-refractivity contribution in [2.45, 2.75) is 6.10 Å². The number of carbonyl (C=O) groups excluding carboxylic acids is 1. The topological polar surface area (TPSA) is 51.2 Å². The summed E-state index contributed by atoms with van der Waals surface area (Å²) in [5, 5.41) is 3.42. The minimum absolute atomic E-state index is 0.164. The maximum absolute atomic E-state index is 12.8. The number of benzene rings is 1. The van der Waals surface area contributed by atoms with E-state index in [0.717, 1.165) is 4.47 Å². The van der Waals surface area contributed by atoms with E-state index in [-0.39, 0.29) is 5.78 Å². The number of halogens is 2. The molecule has 2 heterocycles. The Labute approximate surface area is 141 Å². The van der Waals surface area contributed by atoms with Crippen molar-refractivity contribution in [1.29, 1.82) is 0 Å². The standard InChI is InChI=1S/C16H12BrClN2O2/c1-19-16-13(12-8-9(17)6-7-20-12)14(21)15(22-16)10-4-2-3-5-11(10)18/h2-8,15,19H,1H3/t15-/m0/s1. The largest absolute Gasteiger partial charge is 0.462 e. The van der Waals surface area contributed by atoms with Crippen LogP contribution in [0.25, 0.3) is 5.57 Å². The fourth-order valence-electron chi connectivity index (χ4n) is 2.33. The molecule has 3 rings (SSSR count). The molecular formula is C16H12BrClN2O2. The molecule has 6 heteroatoms. The molecule has 1 atom stereocenters. The number of aromatic nitrogens is 1. The van der Waals surface area contributed by atoms with Gasteiger partial charge in [-0.1, -0.05) is 45.7 Å². The van der Waals surface area contributed by atoms with E-state index in [1.807, 2.05) is 12.1 Å². The van der Waals surface area contributed by atoms with Crippen LogP contribution in [0.4, 0.5) is 0 Å². The molecule has 1 aromatic heterocycles. The van der Waals surface area contributed by atoms with Crippen molar-refractivity contribution in [2.24, 2.45) is 0 Å². The number of rotatable bonds is 3. The lowest BCUT2D eigenvalue weighted by Gasteiger charge is -2.12. The number of nitrogens with one attached hydrogen (secondary N) is 1. The fraction of sp³-hybridized carbons (Fsp3) is 0.125. The molecule has 22 heavy (non-hydrogen) atoms. The third-order valence-electron chi connectivity index (χ3n) is 3.34. The van der Waals surface area contributed by atoms with Gasteiger partial charge in [0.25, 0.3) is 0 Å². The van der Waals surface area contributed by atoms with Crippen molar-refractivity contribution in [1.82, 2.24) is 10.3 Å². The first kappa shape index (κ1) is 15.1. The van der Waals surface area contributed by atoms with Gasteiger partial charge in [0, 0.05) is 28.3 Å². The summed E-state index contributed by atoms with van der Waals surface area (Å²) in [5.74, 6) is 0.239. The predicted octanol–water partition coefficient (Wildman–Crippen LogP) is 3.73. The Balaban J connectivity index is 2.04. The van der Waals surface area contributed by atoms with Crippen molar-refractivity contribution in [2.75, 3.05) is 7.05 Å². The molecule has 0 saturated carbocycles. The SMILES string of the molecule is CNC1=C(c2cc(Br)ccn2)C(=O)[C@H](c2ccccc2Cl)O1. The van der Waals surface area contributed by atoms with Gasteiger partial charge in [-0.3, -0.25) is 9.78 Å². The van der Waals surface area contributed by atoms with Gasteiger partial charge < -0.3 is 10.1 Å². The highest BCUT2D eigenvalue weighted by atomic mass is 79.9. The first-order valence-electron chi connectivity index (χ1n) is 6.61. The lowest BCUT2D eigenvalue weighted by molar-refractivity contribution is -0.120. The number of carbonyl (C=O) groups is 1. The van der Waals surface area contributed by atoms with Crippen molar-refractivity contribution >= 4 is 38.9 Å². The van der Waals surface area contributed by atoms with Crippen molar-refractivity contribution < 1.29 is 9.53 Å². The van der Waals surface area contributed by atoms with E-state index in [2.05, 4.69) is 26.2 Å². The van der Waals surface area contributed by atoms with Gasteiger partial charge in [0.1, 0.15) is 5.57 Å². The van der Waals surface area contributed by atoms with E-state index in [0.29, 0.717) is 27.7 Å². The highest BCUT2D eigenvalue weighted by molar-refractivity contribution is 9.10. The van der Waals surface area contributed by atoms with Gasteiger partial charge in [-0.15, -0.1) is 0 Å². The monoisotopic (exact) mass is 378 g/mol. The Hall–Kier alpha value is -1.85. The van der Waals surface area contributed by atoms with Crippen LogP contribution in [0.5, 0.6) is 0 Å². The molecular weight excluding hydrogens is 368 g/mol. The average molecular weight is 380 g/mol. The molecule has 1 aliphatic rings. The Morgan fingerprint density at radius 1 is 1.32 bits per heavy atom. The average Bonchev–Trinajstić information content (AvgIpc) is 2.84. The zero-order valence-corrected chi connectivity index (χ0v) is 14.0. The number of nitrogens with zero attached hydrogens (tertiary/aromatic N) is 1. The minimum atomic E-state index is -0.757. The second-order valence-corrected chi connectivity index (χ2v) is 6.02. The van der Waals surface area contributed by atoms with E-state index in [1.54, 1.807) is 37.5 Å². The normalized spacial score (nSPS) is 17.6. The first-order chi connectivity index (χ1) is 10.6. The molecule has 0 spiro atoms. The van der Waals surface area contributed by atoms with Crippen LogP contribution in [0.15, 0.2) is 53.0 Å². The van der Waals surface area contributed by atoms with E-state index < -0.39 is 6.10 Å². The third-order valence-corrected chi connectivity index (χ3v) is 4.18. The van der Waals surface area contributed by atoms with Gasteiger partial charge in [0.15, 0.2) is 6.10 Å². The molecule has 0 aliphatic carbocycles. The zero-order chi connectivity index (χ0) is 15.7. The predicted molar refractivity (Wildman–Crippen MR) is 88.2 cm³/mol. The number of hydrogen-bond donors (Lipinski definition) is 1. The second-order valence-electron chi connectivity index (χ2n) is 4.70. The Kier molecular flexibility index (Phi) is 4.18. The van der Waals surface area contributed by atoms with Crippen LogP contribution in [-0.2, 0) is 9.53 Å². The molecule has 2 aromatic rings. The number of ether oxygens (including phenoxy) is 1. The van der Waals surface area contributed by atoms with Crippen molar-refractivity contribution in [3.63, 3.8) is 0 Å². The minimum Gasteiger partial charge on any atom is -0.462 e. The fourth-order valence-corrected chi connectivity index (χ4v) is 2.90. The molecule has 0 radical (unpaired) electrons. The molecule has 0 amide bonds. The van der Waals surface area contributed by atoms with E-state index in [9.17, 15) is 4.79 Å². The maximum atomic E-state index is 12.8. The zero-order valence-electron chi connectivity index (χ0n) is 11.6. The Bertz CT molecular complexity index is 776. The summed E-state index contributed by atoms with van der Waals surface area (Å²) in [6, 6.07) is 10.7. The van der Waals surface area contributed by atoms with Gasteiger partial charge in [0.05, 0.1) is 5.69 Å². The van der Waals surface area contributed by atoms with E-state index >= 15 is 0 Å². The highest BCUT2D eigenvalue weighted by Gasteiger charge is 2.38. The lowest BCUT2D eigenvalue weighted by atomic mass is 10.00. The summed E-state index contributed by atoms with van der Waals surface area (Å²) in [6.45, 7) is 0. The van der Waals surface area contributed by atoms with Crippen molar-refractivity contribution in [3.05, 3.63) is 69.2 Å². The highest BCUT2D eigenvalue weighted by Crippen LogP contribution is 2.38. The van der Waals surface area contributed by atoms with Gasteiger partial charge in [-0.05, 0) is 18.2 Å². The number of hydrogen-bond acceptors (Lipinski definition) is 4. The molecule has 0 bridgehead atoms. The first-order valence-corrected chi connectivity index (χ1v) is 7.78. The van der Waals surface area contributed by atoms with E-state index in [4.69, 9.17) is 16.3 Å². The molecule has 1 aliphatic heterocycles. The smallest absolute Gasteiger partial charge is 0.215 e. The maximum Gasteiger partial charge on any atom is 0.215 e. The number of pyridine rings is 1. The number of ketones is 1. The quantitative estimate of drug-likeness (QED) is 0.883. The van der Waals surface area contributed by atoms with Crippen LogP contribution in [0, 0.1) is 0 Å². The van der Waals surface area contributed by atoms with Gasteiger partial charge in [-0.2, -0.15) is 0 Å². The molecule has 1 N–H and O–H groups in total. The molecule has 112 valence electrons. The summed E-state index contributed by atoms with van der Waals surface area (Å²) in [6.07, 6.45) is 0.877. The summed E-state index contributed by atoms with van der Waals surface area (Å²) < 4.78 is 6.62. The van der Waals surface area contributed by atoms with Crippen LogP contribution in [0.3, 0.4) is 0 Å². The summed E-state index contributed by atoms with van der Waals surface area (Å²) >= 11 is 9.57. The summed E-state index contributed by atoms with van der Waals surface area (Å²) in [7, 11) is 1.70. The summed E-state index contributed by atoms with van der Waals surface area (Å²) in [4.78, 5) is 17.1. The number of Topliss-reactive ketones (excluding diaryl/α,β-unsaturated/α-hetero) is 1. The van der Waals surface area contributed by atoms with Crippen LogP contribution in [0.2, 0.25) is 5.02 Å². The molecule has 0 fully saturated rings.